The average molecular weight is 289 g/mol. The van der Waals surface area contributed by atoms with Crippen molar-refractivity contribution < 1.29 is 4.42 Å². The monoisotopic (exact) mass is 288 g/mol. The van der Waals surface area contributed by atoms with E-state index in [0.717, 1.165) is 16.6 Å². The Morgan fingerprint density at radius 1 is 1.16 bits per heavy atom. The summed E-state index contributed by atoms with van der Waals surface area (Å²) in [5, 5.41) is 0.635. The second-order valence-electron chi connectivity index (χ2n) is 4.07. The Bertz CT molecular complexity index is 765. The number of aromatic nitrogens is 1. The fraction of sp³-hybridized carbons (Fsp3) is 0. The van der Waals surface area contributed by atoms with Crippen LogP contribution in [0.4, 0.5) is 0 Å². The van der Waals surface area contributed by atoms with Crippen molar-refractivity contribution in [3.8, 4) is 11.5 Å². The van der Waals surface area contributed by atoms with Crippen LogP contribution >= 0.6 is 23.8 Å². The molecule has 0 aliphatic rings. The Hall–Kier alpha value is -1.91. The third kappa shape index (κ3) is 2.32. The number of benzene rings is 2. The molecule has 0 radical (unpaired) electrons. The van der Waals surface area contributed by atoms with Crippen LogP contribution in [0.25, 0.3) is 22.6 Å². The molecule has 5 heteroatoms. The quantitative estimate of drug-likeness (QED) is 0.729. The molecule has 0 bridgehead atoms. The van der Waals surface area contributed by atoms with Gasteiger partial charge in [-0.05, 0) is 30.3 Å². The summed E-state index contributed by atoms with van der Waals surface area (Å²) in [5.41, 5.74) is 8.69. The zero-order valence-corrected chi connectivity index (χ0v) is 11.3. The molecule has 0 saturated carbocycles. The summed E-state index contributed by atoms with van der Waals surface area (Å²) in [7, 11) is 0. The molecule has 0 aliphatic heterocycles. The molecule has 2 N–H and O–H groups in total. The highest BCUT2D eigenvalue weighted by Crippen LogP contribution is 2.26. The fourth-order valence-electron chi connectivity index (χ4n) is 1.80. The highest BCUT2D eigenvalue weighted by molar-refractivity contribution is 7.80. The smallest absolute Gasteiger partial charge is 0.227 e. The van der Waals surface area contributed by atoms with Gasteiger partial charge in [0.05, 0.1) is 0 Å². The van der Waals surface area contributed by atoms with Gasteiger partial charge in [0.15, 0.2) is 5.58 Å². The van der Waals surface area contributed by atoms with Crippen molar-refractivity contribution in [3.05, 3.63) is 53.1 Å². The van der Waals surface area contributed by atoms with E-state index in [9.17, 15) is 0 Å². The van der Waals surface area contributed by atoms with E-state index in [2.05, 4.69) is 4.98 Å². The Morgan fingerprint density at radius 3 is 2.58 bits per heavy atom. The van der Waals surface area contributed by atoms with Gasteiger partial charge in [-0.1, -0.05) is 36.0 Å². The number of nitrogens with zero attached hydrogens (tertiary/aromatic N) is 1. The molecule has 1 heterocycles. The first kappa shape index (κ1) is 12.1. The first-order valence-electron chi connectivity index (χ1n) is 5.60. The molecule has 0 aliphatic carbocycles. The molecule has 2 aromatic carbocycles. The number of fused-ring (bicyclic) bond motifs is 1. The third-order valence-corrected chi connectivity index (χ3v) is 3.24. The maximum Gasteiger partial charge on any atom is 0.227 e. The van der Waals surface area contributed by atoms with Gasteiger partial charge < -0.3 is 10.2 Å². The van der Waals surface area contributed by atoms with Gasteiger partial charge in [0.2, 0.25) is 5.89 Å². The summed E-state index contributed by atoms with van der Waals surface area (Å²) in [5.74, 6) is 0.548. The molecule has 0 unspecified atom stereocenters. The molecule has 94 valence electrons. The summed E-state index contributed by atoms with van der Waals surface area (Å²) in [6, 6.07) is 12.8. The van der Waals surface area contributed by atoms with Crippen molar-refractivity contribution in [1.29, 1.82) is 0 Å². The normalized spacial score (nSPS) is 10.8. The summed E-state index contributed by atoms with van der Waals surface area (Å²) >= 11 is 10.8. The van der Waals surface area contributed by atoms with E-state index in [0.29, 0.717) is 21.5 Å². The van der Waals surface area contributed by atoms with Gasteiger partial charge in [-0.3, -0.25) is 0 Å². The molecule has 0 atom stereocenters. The number of thiocarbonyl (C=S) groups is 1. The Kier molecular flexibility index (Phi) is 2.97. The summed E-state index contributed by atoms with van der Waals surface area (Å²) in [6.07, 6.45) is 0. The second-order valence-corrected chi connectivity index (χ2v) is 4.95. The van der Waals surface area contributed by atoms with Gasteiger partial charge in [0.25, 0.3) is 0 Å². The van der Waals surface area contributed by atoms with Crippen molar-refractivity contribution in [2.75, 3.05) is 0 Å². The molecular weight excluding hydrogens is 280 g/mol. The lowest BCUT2D eigenvalue weighted by Gasteiger charge is -1.98. The van der Waals surface area contributed by atoms with Gasteiger partial charge in [0, 0.05) is 16.1 Å². The predicted octanol–water partition coefficient (Wildman–Crippen LogP) is 3.78. The van der Waals surface area contributed by atoms with Crippen LogP contribution < -0.4 is 5.73 Å². The van der Waals surface area contributed by atoms with Crippen molar-refractivity contribution in [2.24, 2.45) is 5.73 Å². The summed E-state index contributed by atoms with van der Waals surface area (Å²) in [6.45, 7) is 0. The minimum atomic E-state index is 0.371. The largest absolute Gasteiger partial charge is 0.436 e. The van der Waals surface area contributed by atoms with E-state index in [1.165, 1.54) is 0 Å². The molecular formula is C14H9ClN2OS. The first-order chi connectivity index (χ1) is 9.13. The number of oxazole rings is 1. The Balaban J connectivity index is 2.06. The molecule has 0 fully saturated rings. The minimum absolute atomic E-state index is 0.371. The van der Waals surface area contributed by atoms with Gasteiger partial charge in [-0.15, -0.1) is 0 Å². The molecule has 3 nitrogen and oxygen atoms in total. The molecule has 3 aromatic rings. The van der Waals surface area contributed by atoms with E-state index in [-0.39, 0.29) is 0 Å². The minimum Gasteiger partial charge on any atom is -0.436 e. The van der Waals surface area contributed by atoms with Crippen LogP contribution in [0.3, 0.4) is 0 Å². The van der Waals surface area contributed by atoms with Crippen molar-refractivity contribution in [3.63, 3.8) is 0 Å². The molecule has 3 rings (SSSR count). The SMILES string of the molecule is NC(=S)c1ccc(-c2nc3cc(Cl)ccc3o2)cc1. The molecule has 0 spiro atoms. The van der Waals surface area contributed by atoms with Crippen molar-refractivity contribution in [2.45, 2.75) is 0 Å². The van der Waals surface area contributed by atoms with Crippen molar-refractivity contribution >= 4 is 39.9 Å². The average Bonchev–Trinajstić information content (AvgIpc) is 2.81. The van der Waals surface area contributed by atoms with Crippen LogP contribution in [0.15, 0.2) is 46.9 Å². The molecule has 0 amide bonds. The van der Waals surface area contributed by atoms with Gasteiger partial charge in [-0.25, -0.2) is 4.98 Å². The second kappa shape index (κ2) is 4.64. The van der Waals surface area contributed by atoms with E-state index < -0.39 is 0 Å². The fourth-order valence-corrected chi connectivity index (χ4v) is 2.10. The molecule has 0 saturated heterocycles. The third-order valence-electron chi connectivity index (χ3n) is 2.77. The molecule has 19 heavy (non-hydrogen) atoms. The van der Waals surface area contributed by atoms with Gasteiger partial charge in [-0.2, -0.15) is 0 Å². The van der Waals surface area contributed by atoms with Crippen LogP contribution in [0, 0.1) is 0 Å². The highest BCUT2D eigenvalue weighted by Gasteiger charge is 2.08. The molecule has 1 aromatic heterocycles. The lowest BCUT2D eigenvalue weighted by atomic mass is 10.1. The standard InChI is InChI=1S/C14H9ClN2OS/c15-10-5-6-12-11(7-10)17-14(18-12)9-3-1-8(2-4-9)13(16)19/h1-7H,(H2,16,19). The number of hydrogen-bond acceptors (Lipinski definition) is 3. The Morgan fingerprint density at radius 2 is 1.89 bits per heavy atom. The van der Waals surface area contributed by atoms with Gasteiger partial charge in [0.1, 0.15) is 10.5 Å². The van der Waals surface area contributed by atoms with E-state index in [1.807, 2.05) is 24.3 Å². The zero-order valence-electron chi connectivity index (χ0n) is 9.76. The van der Waals surface area contributed by atoms with Crippen LogP contribution in [0.5, 0.6) is 0 Å². The van der Waals surface area contributed by atoms with Gasteiger partial charge >= 0.3 is 0 Å². The highest BCUT2D eigenvalue weighted by atomic mass is 35.5. The van der Waals surface area contributed by atoms with E-state index >= 15 is 0 Å². The van der Waals surface area contributed by atoms with E-state index in [4.69, 9.17) is 34.0 Å². The van der Waals surface area contributed by atoms with Crippen LogP contribution in [0.1, 0.15) is 5.56 Å². The number of nitrogens with two attached hydrogens (primary N) is 1. The lowest BCUT2D eigenvalue weighted by Crippen LogP contribution is -2.08. The maximum absolute atomic E-state index is 5.92. The summed E-state index contributed by atoms with van der Waals surface area (Å²) in [4.78, 5) is 4.77. The Labute approximate surface area is 120 Å². The van der Waals surface area contributed by atoms with Crippen LogP contribution in [-0.2, 0) is 0 Å². The van der Waals surface area contributed by atoms with E-state index in [1.54, 1.807) is 18.2 Å². The van der Waals surface area contributed by atoms with Crippen molar-refractivity contribution in [1.82, 2.24) is 4.98 Å². The number of hydrogen-bond donors (Lipinski definition) is 1. The van der Waals surface area contributed by atoms with Crippen LogP contribution in [-0.4, -0.2) is 9.97 Å². The topological polar surface area (TPSA) is 52.0 Å². The lowest BCUT2D eigenvalue weighted by molar-refractivity contribution is 0.620. The predicted molar refractivity (Wildman–Crippen MR) is 80.3 cm³/mol. The summed E-state index contributed by atoms with van der Waals surface area (Å²) < 4.78 is 5.68. The number of rotatable bonds is 2. The first-order valence-corrected chi connectivity index (χ1v) is 6.38. The van der Waals surface area contributed by atoms with Crippen LogP contribution in [0.2, 0.25) is 5.02 Å². The zero-order chi connectivity index (χ0) is 13.4. The maximum atomic E-state index is 5.92. The number of halogens is 1.